The average Bonchev–Trinajstić information content (AvgIpc) is 2.79. The Morgan fingerprint density at radius 3 is 1.11 bits per heavy atom. The molecule has 4 nitrogen and oxygen atoms in total. The number of rotatable bonds is 12. The van der Waals surface area contributed by atoms with Crippen LogP contribution in [-0.4, -0.2) is 44.2 Å². The van der Waals surface area contributed by atoms with Crippen molar-refractivity contribution in [1.29, 1.82) is 0 Å². The van der Waals surface area contributed by atoms with Crippen molar-refractivity contribution < 1.29 is 10.2 Å². The maximum Gasteiger partial charge on any atom is 0.120 e. The topological polar surface area (TPSA) is 46.9 Å². The fourth-order valence-corrected chi connectivity index (χ4v) is 5.27. The minimum Gasteiger partial charge on any atom is -0.508 e. The van der Waals surface area contributed by atoms with Crippen molar-refractivity contribution in [3.8, 4) is 11.5 Å². The molecular weight excluding hydrogens is 444 g/mol. The quantitative estimate of drug-likeness (QED) is 0.293. The van der Waals surface area contributed by atoms with E-state index in [0.29, 0.717) is 35.7 Å². The molecule has 200 valence electrons. The van der Waals surface area contributed by atoms with Crippen LogP contribution in [0.25, 0.3) is 11.1 Å². The Morgan fingerprint density at radius 1 is 0.583 bits per heavy atom. The average molecular weight is 495 g/mol. The number of phenols is 2. The van der Waals surface area contributed by atoms with Crippen LogP contribution in [-0.2, 0) is 13.1 Å². The summed E-state index contributed by atoms with van der Waals surface area (Å²) in [6, 6.07) is 13.9. The molecule has 2 N–H and O–H groups in total. The van der Waals surface area contributed by atoms with Gasteiger partial charge < -0.3 is 10.2 Å². The number of hydrogen-bond acceptors (Lipinski definition) is 4. The Bertz CT molecular complexity index is 923. The third kappa shape index (κ3) is 7.36. The molecule has 0 amide bonds. The molecule has 0 saturated heterocycles. The van der Waals surface area contributed by atoms with Gasteiger partial charge in [0.2, 0.25) is 0 Å². The zero-order valence-electron chi connectivity index (χ0n) is 24.4. The van der Waals surface area contributed by atoms with E-state index in [1.807, 2.05) is 12.1 Å². The lowest BCUT2D eigenvalue weighted by atomic mass is 9.90. The maximum atomic E-state index is 10.9. The van der Waals surface area contributed by atoms with E-state index >= 15 is 0 Å². The van der Waals surface area contributed by atoms with Crippen molar-refractivity contribution in [1.82, 2.24) is 9.80 Å². The van der Waals surface area contributed by atoms with Crippen LogP contribution in [0.2, 0.25) is 0 Å². The highest BCUT2D eigenvalue weighted by molar-refractivity contribution is 5.91. The van der Waals surface area contributed by atoms with Gasteiger partial charge in [-0.3, -0.25) is 9.80 Å². The molecule has 36 heavy (non-hydrogen) atoms. The molecule has 2 aromatic carbocycles. The second-order valence-electron chi connectivity index (χ2n) is 11.1. The maximum absolute atomic E-state index is 10.9. The molecule has 2 rings (SSSR count). The van der Waals surface area contributed by atoms with Crippen molar-refractivity contribution in [3.63, 3.8) is 0 Å². The largest absolute Gasteiger partial charge is 0.508 e. The molecule has 0 spiro atoms. The summed E-state index contributed by atoms with van der Waals surface area (Å²) in [6.07, 6.45) is 1.70. The molecule has 0 heterocycles. The van der Waals surface area contributed by atoms with Gasteiger partial charge in [0.15, 0.2) is 0 Å². The van der Waals surface area contributed by atoms with E-state index < -0.39 is 0 Å². The van der Waals surface area contributed by atoms with Crippen molar-refractivity contribution >= 4 is 11.1 Å². The molecule has 0 saturated carbocycles. The second kappa shape index (κ2) is 13.3. The summed E-state index contributed by atoms with van der Waals surface area (Å²) in [5, 5.41) is 21.9. The molecule has 0 aliphatic heterocycles. The standard InChI is InChI=1S/C32H50N2O2/c1-11-29(25-13-15-27(31(35)17-25)19-33(21(3)4)22(5)6)30(12-2)26-14-16-28(32(36)18-26)20-34(23(7)8)24(9)10/h13-18,21-24,35-36H,11-12,19-20H2,1-10H3. The number of benzene rings is 2. The number of hydrogen-bond donors (Lipinski definition) is 2. The normalized spacial score (nSPS) is 13.1. The van der Waals surface area contributed by atoms with Gasteiger partial charge in [0.25, 0.3) is 0 Å². The van der Waals surface area contributed by atoms with E-state index in [1.54, 1.807) is 0 Å². The molecule has 0 aromatic heterocycles. The van der Waals surface area contributed by atoms with Gasteiger partial charge in [-0.1, -0.05) is 38.1 Å². The number of phenolic OH excluding ortho intramolecular Hbond substituents is 2. The lowest BCUT2D eigenvalue weighted by Gasteiger charge is -2.31. The Balaban J connectivity index is 2.43. The Kier molecular flexibility index (Phi) is 11.1. The van der Waals surface area contributed by atoms with Gasteiger partial charge in [0.1, 0.15) is 11.5 Å². The van der Waals surface area contributed by atoms with Crippen LogP contribution in [0.3, 0.4) is 0 Å². The summed E-state index contributed by atoms with van der Waals surface area (Å²) in [5.74, 6) is 0.696. The highest BCUT2D eigenvalue weighted by Gasteiger charge is 2.19. The van der Waals surface area contributed by atoms with Crippen LogP contribution in [0, 0.1) is 0 Å². The van der Waals surface area contributed by atoms with Gasteiger partial charge in [0, 0.05) is 48.4 Å². The minimum atomic E-state index is 0.348. The fourth-order valence-electron chi connectivity index (χ4n) is 5.27. The van der Waals surface area contributed by atoms with Crippen molar-refractivity contribution in [2.45, 2.75) is 119 Å². The van der Waals surface area contributed by atoms with Crippen molar-refractivity contribution in [2.75, 3.05) is 0 Å². The van der Waals surface area contributed by atoms with E-state index in [1.165, 1.54) is 11.1 Å². The van der Waals surface area contributed by atoms with Crippen LogP contribution >= 0.6 is 0 Å². The van der Waals surface area contributed by atoms with Crippen molar-refractivity contribution in [2.24, 2.45) is 0 Å². The molecule has 2 aromatic rings. The van der Waals surface area contributed by atoms with Crippen molar-refractivity contribution in [3.05, 3.63) is 58.7 Å². The summed E-state index contributed by atoms with van der Waals surface area (Å²) >= 11 is 0. The first-order chi connectivity index (χ1) is 16.9. The summed E-state index contributed by atoms with van der Waals surface area (Å²) in [7, 11) is 0. The highest BCUT2D eigenvalue weighted by atomic mass is 16.3. The smallest absolute Gasteiger partial charge is 0.120 e. The van der Waals surface area contributed by atoms with Gasteiger partial charge >= 0.3 is 0 Å². The molecule has 0 radical (unpaired) electrons. The molecule has 0 atom stereocenters. The van der Waals surface area contributed by atoms with Gasteiger partial charge in [-0.25, -0.2) is 0 Å². The van der Waals surface area contributed by atoms with Gasteiger partial charge in [-0.05, 0) is 103 Å². The number of nitrogens with zero attached hydrogens (tertiary/aromatic N) is 2. The van der Waals surface area contributed by atoms with Gasteiger partial charge in [-0.2, -0.15) is 0 Å². The summed E-state index contributed by atoms with van der Waals surface area (Å²) in [5.41, 5.74) is 6.42. The lowest BCUT2D eigenvalue weighted by Crippen LogP contribution is -2.36. The second-order valence-corrected chi connectivity index (χ2v) is 11.1. The van der Waals surface area contributed by atoms with Gasteiger partial charge in [0.05, 0.1) is 0 Å². The predicted molar refractivity (Wildman–Crippen MR) is 155 cm³/mol. The predicted octanol–water partition coefficient (Wildman–Crippen LogP) is 8.07. The zero-order valence-corrected chi connectivity index (χ0v) is 24.4. The third-order valence-electron chi connectivity index (χ3n) is 7.30. The van der Waals surface area contributed by atoms with Crippen LogP contribution in [0.1, 0.15) is 104 Å². The number of aromatic hydroxyl groups is 2. The zero-order chi connectivity index (χ0) is 27.2. The molecule has 0 fully saturated rings. The SMILES string of the molecule is CCC(=C(CC)c1ccc(CN(C(C)C)C(C)C)c(O)c1)c1ccc(CN(C(C)C)C(C)C)c(O)c1. The first-order valence-corrected chi connectivity index (χ1v) is 13.8. The lowest BCUT2D eigenvalue weighted by molar-refractivity contribution is 0.164. The van der Waals surface area contributed by atoms with E-state index in [4.69, 9.17) is 0 Å². The van der Waals surface area contributed by atoms with Crippen LogP contribution in [0.15, 0.2) is 36.4 Å². The minimum absolute atomic E-state index is 0.348. The van der Waals surface area contributed by atoms with E-state index in [9.17, 15) is 10.2 Å². The number of allylic oxidation sites excluding steroid dienone is 2. The van der Waals surface area contributed by atoms with Gasteiger partial charge in [-0.15, -0.1) is 0 Å². The molecule has 4 heteroatoms. The molecule has 0 unspecified atom stereocenters. The first-order valence-electron chi connectivity index (χ1n) is 13.8. The first kappa shape index (κ1) is 29.9. The monoisotopic (exact) mass is 494 g/mol. The van der Waals surface area contributed by atoms with Crippen LogP contribution in [0.4, 0.5) is 0 Å². The molecule has 0 aliphatic carbocycles. The summed E-state index contributed by atoms with van der Waals surface area (Å²) < 4.78 is 0. The fraction of sp³-hybridized carbons (Fsp3) is 0.562. The molecule has 0 bridgehead atoms. The van der Waals surface area contributed by atoms with Crippen LogP contribution < -0.4 is 0 Å². The summed E-state index contributed by atoms with van der Waals surface area (Å²) in [4.78, 5) is 4.76. The van der Waals surface area contributed by atoms with Crippen LogP contribution in [0.5, 0.6) is 11.5 Å². The van der Waals surface area contributed by atoms with E-state index in [0.717, 1.165) is 48.2 Å². The molecular formula is C32H50N2O2. The van der Waals surface area contributed by atoms with E-state index in [-0.39, 0.29) is 0 Å². The van der Waals surface area contributed by atoms with E-state index in [2.05, 4.69) is 103 Å². The molecule has 0 aliphatic rings. The third-order valence-corrected chi connectivity index (χ3v) is 7.30. The Hall–Kier alpha value is -2.30. The highest BCUT2D eigenvalue weighted by Crippen LogP contribution is 2.36. The Morgan fingerprint density at radius 2 is 0.889 bits per heavy atom. The summed E-state index contributed by atoms with van der Waals surface area (Å²) in [6.45, 7) is 23.3. The Labute approximate surface area is 220 Å².